The Morgan fingerprint density at radius 3 is 2.96 bits per heavy atom. The van der Waals surface area contributed by atoms with Crippen molar-refractivity contribution in [1.29, 1.82) is 0 Å². The number of benzene rings is 1. The van der Waals surface area contributed by atoms with Gasteiger partial charge in [-0.1, -0.05) is 0 Å². The van der Waals surface area contributed by atoms with Crippen molar-refractivity contribution in [2.24, 2.45) is 0 Å². The van der Waals surface area contributed by atoms with Crippen LogP contribution in [0.15, 0.2) is 36.5 Å². The molecule has 0 spiro atoms. The van der Waals surface area contributed by atoms with Gasteiger partial charge in [-0.15, -0.1) is 10.2 Å². The Bertz CT molecular complexity index is 910. The van der Waals surface area contributed by atoms with E-state index in [0.29, 0.717) is 17.4 Å². The smallest absolute Gasteiger partial charge is 0.173 e. The van der Waals surface area contributed by atoms with Crippen molar-refractivity contribution in [3.63, 3.8) is 0 Å². The quantitative estimate of drug-likeness (QED) is 0.767. The van der Waals surface area contributed by atoms with Gasteiger partial charge in [0, 0.05) is 24.8 Å². The molecule has 0 bridgehead atoms. The van der Waals surface area contributed by atoms with E-state index in [4.69, 9.17) is 0 Å². The minimum atomic E-state index is -0.488. The average molecular weight is 341 g/mol. The molecule has 1 aliphatic heterocycles. The van der Waals surface area contributed by atoms with E-state index in [1.807, 2.05) is 22.7 Å². The highest BCUT2D eigenvalue weighted by Gasteiger charge is 2.20. The average Bonchev–Trinajstić information content (AvgIpc) is 3.06. The number of fused-ring (bicyclic) bond motifs is 1. The number of hydrogen-bond acceptors (Lipinski definition) is 5. The number of phenolic OH excluding ortho intramolecular Hbond substituents is 1. The summed E-state index contributed by atoms with van der Waals surface area (Å²) in [6, 6.07) is 8.08. The maximum atomic E-state index is 13.3. The molecule has 0 radical (unpaired) electrons. The first-order valence-electron chi connectivity index (χ1n) is 8.39. The molecule has 0 aliphatic carbocycles. The number of anilines is 1. The lowest BCUT2D eigenvalue weighted by atomic mass is 10.1. The summed E-state index contributed by atoms with van der Waals surface area (Å²) < 4.78 is 15.1. The van der Waals surface area contributed by atoms with Crippen molar-refractivity contribution in [3.05, 3.63) is 42.3 Å². The van der Waals surface area contributed by atoms with Crippen molar-refractivity contribution in [3.8, 4) is 17.1 Å². The number of rotatable bonds is 3. The lowest BCUT2D eigenvalue weighted by Crippen LogP contribution is -2.40. The van der Waals surface area contributed by atoms with Gasteiger partial charge in [0.15, 0.2) is 11.6 Å². The molecule has 2 N–H and O–H groups in total. The van der Waals surface area contributed by atoms with Crippen molar-refractivity contribution in [2.75, 3.05) is 25.5 Å². The number of likely N-dealkylation sites (N-methyl/N-ethyl adjacent to an activating group) is 1. The Balaban J connectivity index is 1.71. The van der Waals surface area contributed by atoms with Crippen LogP contribution in [0.1, 0.15) is 12.8 Å². The lowest BCUT2D eigenvalue weighted by molar-refractivity contribution is 0.260. The number of aromatic hydroxyl groups is 1. The van der Waals surface area contributed by atoms with E-state index in [1.165, 1.54) is 12.1 Å². The molecule has 2 aromatic heterocycles. The van der Waals surface area contributed by atoms with Gasteiger partial charge in [0.1, 0.15) is 11.6 Å². The number of phenols is 1. The third-order valence-electron chi connectivity index (χ3n) is 4.63. The summed E-state index contributed by atoms with van der Waals surface area (Å²) >= 11 is 0. The first-order chi connectivity index (χ1) is 12.1. The van der Waals surface area contributed by atoms with Crippen LogP contribution in [0.4, 0.5) is 10.2 Å². The predicted octanol–water partition coefficient (Wildman–Crippen LogP) is 2.75. The van der Waals surface area contributed by atoms with Crippen LogP contribution in [0.25, 0.3) is 16.9 Å². The van der Waals surface area contributed by atoms with E-state index in [0.717, 1.165) is 43.3 Å². The molecule has 0 amide bonds. The second kappa shape index (κ2) is 6.33. The zero-order chi connectivity index (χ0) is 17.4. The van der Waals surface area contributed by atoms with Crippen LogP contribution >= 0.6 is 0 Å². The first kappa shape index (κ1) is 15.8. The van der Waals surface area contributed by atoms with Crippen molar-refractivity contribution in [1.82, 2.24) is 19.5 Å². The maximum absolute atomic E-state index is 13.3. The summed E-state index contributed by atoms with van der Waals surface area (Å²) in [6.45, 7) is 2.09. The van der Waals surface area contributed by atoms with Gasteiger partial charge in [-0.05, 0) is 50.7 Å². The molecule has 6 nitrogen and oxygen atoms in total. The molecule has 1 atom stereocenters. The highest BCUT2D eigenvalue weighted by Crippen LogP contribution is 2.30. The van der Waals surface area contributed by atoms with Gasteiger partial charge in [-0.2, -0.15) is 0 Å². The van der Waals surface area contributed by atoms with Gasteiger partial charge in [0.2, 0.25) is 0 Å². The number of nitrogens with one attached hydrogen (secondary N) is 1. The van der Waals surface area contributed by atoms with E-state index in [2.05, 4.69) is 27.5 Å². The fourth-order valence-electron chi connectivity index (χ4n) is 3.41. The topological polar surface area (TPSA) is 65.7 Å². The Morgan fingerprint density at radius 1 is 1.28 bits per heavy atom. The molecule has 1 aromatic carbocycles. The van der Waals surface area contributed by atoms with Crippen LogP contribution in [0, 0.1) is 5.82 Å². The summed E-state index contributed by atoms with van der Waals surface area (Å²) in [5.74, 6) is 0.552. The monoisotopic (exact) mass is 341 g/mol. The maximum Gasteiger partial charge on any atom is 0.173 e. The molecule has 0 unspecified atom stereocenters. The third kappa shape index (κ3) is 3.02. The Morgan fingerprint density at radius 2 is 2.16 bits per heavy atom. The minimum absolute atomic E-state index is 0.154. The summed E-state index contributed by atoms with van der Waals surface area (Å²) in [5, 5.41) is 22.2. The van der Waals surface area contributed by atoms with Gasteiger partial charge in [-0.25, -0.2) is 4.39 Å². The van der Waals surface area contributed by atoms with E-state index in [1.54, 1.807) is 0 Å². The zero-order valence-corrected chi connectivity index (χ0v) is 14.0. The molecular formula is C18H20FN5O. The molecule has 3 aromatic rings. The molecule has 1 fully saturated rings. The summed E-state index contributed by atoms with van der Waals surface area (Å²) in [5.41, 5.74) is 1.32. The standard InChI is InChI=1S/C18H20FN5O/c1-23-8-2-4-13(11-23)20-17-15-5-3-9-24(15)18(22-21-17)14-7-6-12(19)10-16(14)25/h3,5-7,9-10,13,25H,2,4,8,11H2,1H3,(H,20,21)/t13-/m1/s1. The van der Waals surface area contributed by atoms with Gasteiger partial charge >= 0.3 is 0 Å². The van der Waals surface area contributed by atoms with Crippen molar-refractivity contribution >= 4 is 11.3 Å². The van der Waals surface area contributed by atoms with Crippen LogP contribution in [0.3, 0.4) is 0 Å². The van der Waals surface area contributed by atoms with Crippen molar-refractivity contribution in [2.45, 2.75) is 18.9 Å². The molecule has 25 heavy (non-hydrogen) atoms. The van der Waals surface area contributed by atoms with Crippen LogP contribution in [0.5, 0.6) is 5.75 Å². The summed E-state index contributed by atoms with van der Waals surface area (Å²) in [7, 11) is 2.12. The molecule has 4 rings (SSSR count). The number of aromatic nitrogens is 3. The van der Waals surface area contributed by atoms with Crippen LogP contribution in [-0.2, 0) is 0 Å². The summed E-state index contributed by atoms with van der Waals surface area (Å²) in [6.07, 6.45) is 4.11. The Kier molecular flexibility index (Phi) is 4.01. The first-order valence-corrected chi connectivity index (χ1v) is 8.39. The molecule has 7 heteroatoms. The van der Waals surface area contributed by atoms with Crippen LogP contribution in [0.2, 0.25) is 0 Å². The number of piperidine rings is 1. The normalized spacial score (nSPS) is 18.6. The fraction of sp³-hybridized carbons (Fsp3) is 0.333. The highest BCUT2D eigenvalue weighted by molar-refractivity contribution is 5.74. The van der Waals surface area contributed by atoms with E-state index >= 15 is 0 Å². The van der Waals surface area contributed by atoms with Crippen molar-refractivity contribution < 1.29 is 9.50 Å². The minimum Gasteiger partial charge on any atom is -0.507 e. The predicted molar refractivity (Wildman–Crippen MR) is 94.2 cm³/mol. The van der Waals surface area contributed by atoms with E-state index < -0.39 is 5.82 Å². The number of halogens is 1. The second-order valence-electron chi connectivity index (χ2n) is 6.54. The molecule has 130 valence electrons. The number of likely N-dealkylation sites (tertiary alicyclic amines) is 1. The number of nitrogens with zero attached hydrogens (tertiary/aromatic N) is 4. The van der Waals surface area contributed by atoms with Gasteiger partial charge < -0.3 is 15.3 Å². The number of hydrogen-bond donors (Lipinski definition) is 2. The molecule has 3 heterocycles. The van der Waals surface area contributed by atoms with E-state index in [-0.39, 0.29) is 5.75 Å². The molecule has 1 aliphatic rings. The second-order valence-corrected chi connectivity index (χ2v) is 6.54. The zero-order valence-electron chi connectivity index (χ0n) is 14.0. The molecular weight excluding hydrogens is 321 g/mol. The highest BCUT2D eigenvalue weighted by atomic mass is 19.1. The molecule has 0 saturated carbocycles. The Hall–Kier alpha value is -2.67. The van der Waals surface area contributed by atoms with Gasteiger partial charge in [0.05, 0.1) is 11.1 Å². The van der Waals surface area contributed by atoms with Crippen LogP contribution in [-0.4, -0.2) is 50.8 Å². The third-order valence-corrected chi connectivity index (χ3v) is 4.63. The van der Waals surface area contributed by atoms with Gasteiger partial charge in [0.25, 0.3) is 0 Å². The Labute approximate surface area is 144 Å². The van der Waals surface area contributed by atoms with Gasteiger partial charge in [-0.3, -0.25) is 4.40 Å². The van der Waals surface area contributed by atoms with Crippen LogP contribution < -0.4 is 5.32 Å². The molecule has 1 saturated heterocycles. The van der Waals surface area contributed by atoms with E-state index in [9.17, 15) is 9.50 Å². The SMILES string of the molecule is CN1CCC[C@@H](Nc2nnc(-c3ccc(F)cc3O)n3cccc23)C1. The largest absolute Gasteiger partial charge is 0.507 e. The lowest BCUT2D eigenvalue weighted by Gasteiger charge is -2.30. The summed E-state index contributed by atoms with van der Waals surface area (Å²) in [4.78, 5) is 2.30. The fourth-order valence-corrected chi connectivity index (χ4v) is 3.41.